The summed E-state index contributed by atoms with van der Waals surface area (Å²) in [4.78, 5) is 21.4. The van der Waals surface area contributed by atoms with Crippen LogP contribution < -0.4 is 19.1 Å². The first-order valence-electron chi connectivity index (χ1n) is 10.2. The molecule has 1 aliphatic rings. The minimum Gasteiger partial charge on any atom is -0.493 e. The highest BCUT2D eigenvalue weighted by molar-refractivity contribution is 5.95. The zero-order valence-electron chi connectivity index (χ0n) is 18.2. The van der Waals surface area contributed by atoms with Gasteiger partial charge in [-0.25, -0.2) is 9.37 Å². The lowest BCUT2D eigenvalue weighted by Gasteiger charge is -2.35. The number of aromatic nitrogens is 2. The normalized spacial score (nSPS) is 13.8. The van der Waals surface area contributed by atoms with Crippen LogP contribution in [0.5, 0.6) is 17.2 Å². The molecule has 1 saturated heterocycles. The van der Waals surface area contributed by atoms with Crippen molar-refractivity contribution in [2.24, 2.45) is 0 Å². The number of nitrogens with zero attached hydrogens (tertiary/aromatic N) is 4. The molecule has 0 radical (unpaired) electrons. The van der Waals surface area contributed by atoms with E-state index in [1.165, 1.54) is 27.4 Å². The molecule has 1 fully saturated rings. The predicted molar refractivity (Wildman–Crippen MR) is 118 cm³/mol. The summed E-state index contributed by atoms with van der Waals surface area (Å²) < 4.78 is 32.1. The molecular formula is C23H25FN4O4. The van der Waals surface area contributed by atoms with Crippen LogP contribution in [0, 0.1) is 5.82 Å². The number of para-hydroxylation sites is 1. The second-order valence-electron chi connectivity index (χ2n) is 7.24. The minimum atomic E-state index is -0.317. The summed E-state index contributed by atoms with van der Waals surface area (Å²) in [6.45, 7) is 2.14. The molecule has 1 aliphatic heterocycles. The second-order valence-corrected chi connectivity index (χ2v) is 7.24. The Kier molecular flexibility index (Phi) is 6.16. The Labute approximate surface area is 185 Å². The number of carbonyl (C=O) groups is 1. The summed E-state index contributed by atoms with van der Waals surface area (Å²) in [7, 11) is 4.55. The molecule has 0 unspecified atom stereocenters. The zero-order valence-corrected chi connectivity index (χ0v) is 18.2. The number of ether oxygens (including phenoxy) is 3. The predicted octanol–water partition coefficient (Wildman–Crippen LogP) is 3.00. The highest BCUT2D eigenvalue weighted by Crippen LogP contribution is 2.38. The maximum absolute atomic E-state index is 14.3. The first-order chi connectivity index (χ1) is 15.6. The maximum Gasteiger partial charge on any atom is 0.254 e. The topological polar surface area (TPSA) is 69.1 Å². The summed E-state index contributed by atoms with van der Waals surface area (Å²) in [6, 6.07) is 9.89. The second kappa shape index (κ2) is 9.17. The largest absolute Gasteiger partial charge is 0.493 e. The molecule has 1 amide bonds. The van der Waals surface area contributed by atoms with Gasteiger partial charge in [-0.1, -0.05) is 12.1 Å². The number of anilines is 1. The quantitative estimate of drug-likeness (QED) is 0.587. The van der Waals surface area contributed by atoms with Crippen LogP contribution in [0.3, 0.4) is 0 Å². The van der Waals surface area contributed by atoms with E-state index in [0.717, 1.165) is 0 Å². The van der Waals surface area contributed by atoms with Gasteiger partial charge in [0.2, 0.25) is 11.7 Å². The number of halogens is 1. The van der Waals surface area contributed by atoms with E-state index < -0.39 is 0 Å². The fourth-order valence-electron chi connectivity index (χ4n) is 3.86. The molecule has 0 bridgehead atoms. The number of hydrogen-bond acceptors (Lipinski definition) is 6. The van der Waals surface area contributed by atoms with Gasteiger partial charge in [0.05, 0.1) is 27.0 Å². The van der Waals surface area contributed by atoms with Crippen LogP contribution in [0.2, 0.25) is 0 Å². The summed E-state index contributed by atoms with van der Waals surface area (Å²) in [5, 5.41) is 0. The van der Waals surface area contributed by atoms with Crippen LogP contribution >= 0.6 is 0 Å². The lowest BCUT2D eigenvalue weighted by atomic mass is 10.1. The van der Waals surface area contributed by atoms with Gasteiger partial charge in [0.25, 0.3) is 5.91 Å². The molecule has 168 valence electrons. The molecule has 0 saturated carbocycles. The first-order valence-corrected chi connectivity index (χ1v) is 10.2. The van der Waals surface area contributed by atoms with Crippen LogP contribution in [0.4, 0.5) is 10.3 Å². The summed E-state index contributed by atoms with van der Waals surface area (Å²) in [6.07, 6.45) is 3.39. The van der Waals surface area contributed by atoms with E-state index in [-0.39, 0.29) is 11.7 Å². The van der Waals surface area contributed by atoms with E-state index in [1.807, 2.05) is 4.90 Å². The van der Waals surface area contributed by atoms with E-state index in [4.69, 9.17) is 14.2 Å². The standard InChI is InChI=1S/C23H25FN4O4/c1-30-19-14-16(15-20(31-2)21(19)32-3)22(29)26-10-12-27(13-11-26)23-25-8-9-28(23)18-7-5-4-6-17(18)24/h4-9,14-15H,10-13H2,1-3H3. The molecule has 3 aromatic rings. The van der Waals surface area contributed by atoms with Crippen LogP contribution in [0.1, 0.15) is 10.4 Å². The first kappa shape index (κ1) is 21.5. The monoisotopic (exact) mass is 440 g/mol. The Morgan fingerprint density at radius 1 is 0.969 bits per heavy atom. The summed E-state index contributed by atoms with van der Waals surface area (Å²) in [5.74, 6) is 1.51. The van der Waals surface area contributed by atoms with E-state index in [0.29, 0.717) is 60.6 Å². The number of hydrogen-bond donors (Lipinski definition) is 0. The van der Waals surface area contributed by atoms with Gasteiger partial charge in [-0.15, -0.1) is 0 Å². The van der Waals surface area contributed by atoms with Crippen LogP contribution in [-0.4, -0.2) is 67.9 Å². The van der Waals surface area contributed by atoms with Gasteiger partial charge in [-0.2, -0.15) is 0 Å². The molecule has 9 heteroatoms. The molecule has 0 atom stereocenters. The Morgan fingerprint density at radius 3 is 2.22 bits per heavy atom. The maximum atomic E-state index is 14.3. The lowest BCUT2D eigenvalue weighted by molar-refractivity contribution is 0.0745. The average Bonchev–Trinajstić information content (AvgIpc) is 3.32. The molecule has 0 N–H and O–H groups in total. The third-order valence-corrected chi connectivity index (χ3v) is 5.49. The smallest absolute Gasteiger partial charge is 0.254 e. The van der Waals surface area contributed by atoms with Crippen LogP contribution in [0.25, 0.3) is 5.69 Å². The van der Waals surface area contributed by atoms with E-state index in [9.17, 15) is 9.18 Å². The van der Waals surface area contributed by atoms with Crippen molar-refractivity contribution in [3.05, 3.63) is 60.2 Å². The Balaban J connectivity index is 1.50. The van der Waals surface area contributed by atoms with Crippen molar-refractivity contribution in [3.8, 4) is 22.9 Å². The summed E-state index contributed by atoms with van der Waals surface area (Å²) >= 11 is 0. The fraction of sp³-hybridized carbons (Fsp3) is 0.304. The number of imidazole rings is 1. The molecule has 8 nitrogen and oxygen atoms in total. The van der Waals surface area contributed by atoms with Crippen molar-refractivity contribution in [1.29, 1.82) is 0 Å². The van der Waals surface area contributed by atoms with Crippen molar-refractivity contribution in [1.82, 2.24) is 14.5 Å². The van der Waals surface area contributed by atoms with E-state index in [1.54, 1.807) is 52.2 Å². The van der Waals surface area contributed by atoms with Crippen molar-refractivity contribution >= 4 is 11.9 Å². The molecule has 2 heterocycles. The van der Waals surface area contributed by atoms with Crippen LogP contribution in [0.15, 0.2) is 48.8 Å². The lowest BCUT2D eigenvalue weighted by Crippen LogP contribution is -2.49. The SMILES string of the molecule is COc1cc(C(=O)N2CCN(c3nccn3-c3ccccc3F)CC2)cc(OC)c1OC. The number of benzene rings is 2. The molecule has 4 rings (SSSR count). The Morgan fingerprint density at radius 2 is 1.62 bits per heavy atom. The van der Waals surface area contributed by atoms with Gasteiger partial charge in [-0.05, 0) is 24.3 Å². The van der Waals surface area contributed by atoms with Crippen molar-refractivity contribution in [3.63, 3.8) is 0 Å². The number of carbonyl (C=O) groups excluding carboxylic acids is 1. The molecule has 1 aromatic heterocycles. The number of piperazine rings is 1. The minimum absolute atomic E-state index is 0.124. The van der Waals surface area contributed by atoms with Crippen molar-refractivity contribution in [2.45, 2.75) is 0 Å². The van der Waals surface area contributed by atoms with Gasteiger partial charge >= 0.3 is 0 Å². The molecule has 0 aliphatic carbocycles. The van der Waals surface area contributed by atoms with E-state index >= 15 is 0 Å². The zero-order chi connectivity index (χ0) is 22.7. The van der Waals surface area contributed by atoms with E-state index in [2.05, 4.69) is 4.98 Å². The molecule has 0 spiro atoms. The fourth-order valence-corrected chi connectivity index (χ4v) is 3.86. The molecule has 32 heavy (non-hydrogen) atoms. The van der Waals surface area contributed by atoms with Gasteiger partial charge in [0.1, 0.15) is 5.82 Å². The van der Waals surface area contributed by atoms with Gasteiger partial charge in [-0.3, -0.25) is 9.36 Å². The Bertz CT molecular complexity index is 1080. The summed E-state index contributed by atoms with van der Waals surface area (Å²) in [5.41, 5.74) is 0.900. The molecular weight excluding hydrogens is 415 g/mol. The van der Waals surface area contributed by atoms with Crippen molar-refractivity contribution in [2.75, 3.05) is 52.4 Å². The highest BCUT2D eigenvalue weighted by Gasteiger charge is 2.26. The van der Waals surface area contributed by atoms with Crippen LogP contribution in [-0.2, 0) is 0 Å². The third kappa shape index (κ3) is 3.93. The Hall–Kier alpha value is -3.75. The van der Waals surface area contributed by atoms with Gasteiger partial charge < -0.3 is 24.0 Å². The third-order valence-electron chi connectivity index (χ3n) is 5.49. The van der Waals surface area contributed by atoms with Gasteiger partial charge in [0.15, 0.2) is 11.5 Å². The number of amides is 1. The van der Waals surface area contributed by atoms with Crippen molar-refractivity contribution < 1.29 is 23.4 Å². The highest BCUT2D eigenvalue weighted by atomic mass is 19.1. The molecule has 2 aromatic carbocycles. The average molecular weight is 440 g/mol. The number of methoxy groups -OCH3 is 3. The number of rotatable bonds is 6. The van der Waals surface area contributed by atoms with Gasteiger partial charge in [0, 0.05) is 44.1 Å².